The Kier molecular flexibility index (Phi) is 5.64. The van der Waals surface area contributed by atoms with Gasteiger partial charge in [-0.2, -0.15) is 0 Å². The Hall–Kier alpha value is -0.570. The van der Waals surface area contributed by atoms with Gasteiger partial charge >= 0.3 is 5.97 Å². The molecule has 0 aliphatic carbocycles. The molecular formula is C15H29NO2. The first-order valence-electron chi connectivity index (χ1n) is 7.37. The van der Waals surface area contributed by atoms with Gasteiger partial charge in [-0.1, -0.05) is 26.7 Å². The first-order chi connectivity index (χ1) is 8.41. The van der Waals surface area contributed by atoms with Crippen LogP contribution < -0.4 is 0 Å². The fourth-order valence-corrected chi connectivity index (χ4v) is 2.90. The molecule has 0 aromatic rings. The third-order valence-corrected chi connectivity index (χ3v) is 4.75. The maximum atomic E-state index is 11.3. The van der Waals surface area contributed by atoms with Crippen LogP contribution in [-0.4, -0.2) is 35.6 Å². The molecule has 0 aromatic carbocycles. The van der Waals surface area contributed by atoms with Crippen LogP contribution in [0.15, 0.2) is 0 Å². The van der Waals surface area contributed by atoms with Crippen molar-refractivity contribution in [1.29, 1.82) is 0 Å². The molecule has 1 unspecified atom stereocenters. The minimum Gasteiger partial charge on any atom is -0.481 e. The lowest BCUT2D eigenvalue weighted by Gasteiger charge is -2.40. The van der Waals surface area contributed by atoms with Gasteiger partial charge in [0.1, 0.15) is 0 Å². The van der Waals surface area contributed by atoms with Crippen molar-refractivity contribution in [2.75, 3.05) is 19.6 Å². The minimum absolute atomic E-state index is 0.290. The number of hydrogen-bond donors (Lipinski definition) is 1. The number of likely N-dealkylation sites (tertiary alicyclic amines) is 1. The average Bonchev–Trinajstić information content (AvgIpc) is 2.36. The predicted molar refractivity (Wildman–Crippen MR) is 74.7 cm³/mol. The summed E-state index contributed by atoms with van der Waals surface area (Å²) in [6, 6.07) is 0. The molecule has 1 saturated heterocycles. The minimum atomic E-state index is -0.656. The van der Waals surface area contributed by atoms with Crippen LogP contribution >= 0.6 is 0 Å². The summed E-state index contributed by atoms with van der Waals surface area (Å²) in [4.78, 5) is 13.8. The van der Waals surface area contributed by atoms with E-state index in [0.29, 0.717) is 0 Å². The van der Waals surface area contributed by atoms with E-state index < -0.39 is 11.4 Å². The van der Waals surface area contributed by atoms with Crippen LogP contribution in [0.5, 0.6) is 0 Å². The molecule has 106 valence electrons. The van der Waals surface area contributed by atoms with Crippen LogP contribution in [0.3, 0.4) is 0 Å². The van der Waals surface area contributed by atoms with Crippen molar-refractivity contribution >= 4 is 5.97 Å². The molecule has 1 aliphatic rings. The Morgan fingerprint density at radius 3 is 2.50 bits per heavy atom. The van der Waals surface area contributed by atoms with E-state index in [9.17, 15) is 9.90 Å². The van der Waals surface area contributed by atoms with Crippen LogP contribution in [-0.2, 0) is 4.79 Å². The number of hydrogen-bond acceptors (Lipinski definition) is 2. The molecule has 1 heterocycles. The SMILES string of the molecule is CCC(CC)CN1CCCC(C(C)(C)C(=O)O)C1. The second kappa shape index (κ2) is 6.55. The van der Waals surface area contributed by atoms with Crippen molar-refractivity contribution in [2.45, 2.75) is 53.4 Å². The van der Waals surface area contributed by atoms with Gasteiger partial charge in [-0.15, -0.1) is 0 Å². The van der Waals surface area contributed by atoms with Crippen molar-refractivity contribution in [3.63, 3.8) is 0 Å². The van der Waals surface area contributed by atoms with E-state index in [1.807, 2.05) is 13.8 Å². The number of piperidine rings is 1. The number of rotatable bonds is 6. The fourth-order valence-electron chi connectivity index (χ4n) is 2.90. The van der Waals surface area contributed by atoms with Crippen molar-refractivity contribution in [3.05, 3.63) is 0 Å². The van der Waals surface area contributed by atoms with Gasteiger partial charge < -0.3 is 10.0 Å². The molecule has 0 saturated carbocycles. The van der Waals surface area contributed by atoms with Gasteiger partial charge in [0.05, 0.1) is 5.41 Å². The molecule has 0 amide bonds. The second-order valence-corrected chi connectivity index (χ2v) is 6.31. The Balaban J connectivity index is 2.58. The summed E-state index contributed by atoms with van der Waals surface area (Å²) in [6.07, 6.45) is 4.64. The summed E-state index contributed by atoms with van der Waals surface area (Å²) in [5.41, 5.74) is -0.591. The maximum absolute atomic E-state index is 11.3. The summed E-state index contributed by atoms with van der Waals surface area (Å²) in [7, 11) is 0. The molecule has 18 heavy (non-hydrogen) atoms. The van der Waals surface area contributed by atoms with Gasteiger partial charge in [0.2, 0.25) is 0 Å². The molecule has 0 aromatic heterocycles. The summed E-state index contributed by atoms with van der Waals surface area (Å²) in [6.45, 7) is 11.5. The molecule has 0 bridgehead atoms. The molecule has 0 radical (unpaired) electrons. The van der Waals surface area contributed by atoms with Crippen LogP contribution in [0, 0.1) is 17.3 Å². The monoisotopic (exact) mass is 255 g/mol. The van der Waals surface area contributed by atoms with E-state index in [4.69, 9.17) is 0 Å². The first kappa shape index (κ1) is 15.5. The van der Waals surface area contributed by atoms with Crippen molar-refractivity contribution in [2.24, 2.45) is 17.3 Å². The van der Waals surface area contributed by atoms with Gasteiger partial charge in [0.25, 0.3) is 0 Å². The highest BCUT2D eigenvalue weighted by atomic mass is 16.4. The molecule has 1 fully saturated rings. The van der Waals surface area contributed by atoms with Crippen LogP contribution in [0.2, 0.25) is 0 Å². The molecule has 0 spiro atoms. The van der Waals surface area contributed by atoms with E-state index in [2.05, 4.69) is 18.7 Å². The smallest absolute Gasteiger partial charge is 0.309 e. The van der Waals surface area contributed by atoms with E-state index in [1.54, 1.807) is 0 Å². The van der Waals surface area contributed by atoms with E-state index in [1.165, 1.54) is 12.8 Å². The van der Waals surface area contributed by atoms with E-state index >= 15 is 0 Å². The van der Waals surface area contributed by atoms with Crippen LogP contribution in [0.1, 0.15) is 53.4 Å². The summed E-state index contributed by atoms with van der Waals surface area (Å²) in [5, 5.41) is 9.34. The lowest BCUT2D eigenvalue weighted by Crippen LogP contribution is -2.45. The molecule has 1 aliphatic heterocycles. The zero-order valence-corrected chi connectivity index (χ0v) is 12.4. The van der Waals surface area contributed by atoms with Gasteiger partial charge in [-0.3, -0.25) is 4.79 Å². The highest BCUT2D eigenvalue weighted by Gasteiger charge is 2.39. The number of aliphatic carboxylic acids is 1. The van der Waals surface area contributed by atoms with Gasteiger partial charge in [-0.25, -0.2) is 0 Å². The molecule has 1 rings (SSSR count). The van der Waals surface area contributed by atoms with Gasteiger partial charge in [0.15, 0.2) is 0 Å². The molecule has 1 atom stereocenters. The van der Waals surface area contributed by atoms with E-state index in [-0.39, 0.29) is 5.92 Å². The van der Waals surface area contributed by atoms with Crippen molar-refractivity contribution in [1.82, 2.24) is 4.90 Å². The summed E-state index contributed by atoms with van der Waals surface area (Å²) >= 11 is 0. The molecule has 3 nitrogen and oxygen atoms in total. The third kappa shape index (κ3) is 3.71. The average molecular weight is 255 g/mol. The second-order valence-electron chi connectivity index (χ2n) is 6.31. The number of carboxylic acid groups (broad SMARTS) is 1. The third-order valence-electron chi connectivity index (χ3n) is 4.75. The van der Waals surface area contributed by atoms with Crippen LogP contribution in [0.4, 0.5) is 0 Å². The van der Waals surface area contributed by atoms with E-state index in [0.717, 1.165) is 38.4 Å². The standard InChI is InChI=1S/C15H29NO2/c1-5-12(6-2)10-16-9-7-8-13(11-16)15(3,4)14(17)18/h12-13H,5-11H2,1-4H3,(H,17,18). The van der Waals surface area contributed by atoms with Crippen molar-refractivity contribution in [3.8, 4) is 0 Å². The molecule has 1 N–H and O–H groups in total. The largest absolute Gasteiger partial charge is 0.481 e. The number of carbonyl (C=O) groups is 1. The lowest BCUT2D eigenvalue weighted by atomic mass is 9.74. The normalized spacial score (nSPS) is 22.4. The molecule has 3 heteroatoms. The highest BCUT2D eigenvalue weighted by molar-refractivity contribution is 5.74. The molecular weight excluding hydrogens is 226 g/mol. The summed E-state index contributed by atoms with van der Waals surface area (Å²) < 4.78 is 0. The number of carboxylic acids is 1. The number of nitrogens with zero attached hydrogens (tertiary/aromatic N) is 1. The quantitative estimate of drug-likeness (QED) is 0.792. The van der Waals surface area contributed by atoms with Crippen LogP contribution in [0.25, 0.3) is 0 Å². The zero-order valence-electron chi connectivity index (χ0n) is 12.4. The van der Waals surface area contributed by atoms with Crippen molar-refractivity contribution < 1.29 is 9.90 Å². The predicted octanol–water partition coefficient (Wildman–Crippen LogP) is 3.25. The van der Waals surface area contributed by atoms with Gasteiger partial charge in [0, 0.05) is 13.1 Å². The lowest BCUT2D eigenvalue weighted by molar-refractivity contribution is -0.151. The first-order valence-corrected chi connectivity index (χ1v) is 7.37. The Morgan fingerprint density at radius 1 is 1.39 bits per heavy atom. The zero-order chi connectivity index (χ0) is 13.8. The topological polar surface area (TPSA) is 40.5 Å². The maximum Gasteiger partial charge on any atom is 0.309 e. The highest BCUT2D eigenvalue weighted by Crippen LogP contribution is 2.34. The Bertz CT molecular complexity index is 272. The van der Waals surface area contributed by atoms with Gasteiger partial charge in [-0.05, 0) is 45.1 Å². The Morgan fingerprint density at radius 2 is 2.00 bits per heavy atom. The fraction of sp³-hybridized carbons (Fsp3) is 0.933. The Labute approximate surface area is 112 Å². The summed E-state index contributed by atoms with van der Waals surface area (Å²) in [5.74, 6) is 0.395.